The van der Waals surface area contributed by atoms with E-state index in [-0.39, 0.29) is 18.1 Å². The van der Waals surface area contributed by atoms with Gasteiger partial charge in [-0.25, -0.2) is 4.79 Å². The molecular weight excluding hydrogens is 286 g/mol. The molecular formula is C16H13NO5. The molecule has 2 aromatic carbocycles. The third-order valence-electron chi connectivity index (χ3n) is 2.80. The van der Waals surface area contributed by atoms with Gasteiger partial charge < -0.3 is 15.2 Å². The van der Waals surface area contributed by atoms with Crippen LogP contribution >= 0.6 is 0 Å². The number of amides is 1. The number of rotatable bonds is 6. The summed E-state index contributed by atoms with van der Waals surface area (Å²) in [5.41, 5.74) is 1.15. The Morgan fingerprint density at radius 1 is 1.05 bits per heavy atom. The van der Waals surface area contributed by atoms with E-state index in [1.165, 1.54) is 24.3 Å². The third-order valence-corrected chi connectivity index (χ3v) is 2.80. The van der Waals surface area contributed by atoms with Gasteiger partial charge in [-0.2, -0.15) is 0 Å². The SMILES string of the molecule is O=Cc1ccc(OCC(=O)Nc2ccc(C(=O)O)cc2)cc1. The number of carboxylic acids is 1. The average Bonchev–Trinajstić information content (AvgIpc) is 2.54. The second kappa shape index (κ2) is 7.03. The minimum atomic E-state index is -1.03. The maximum Gasteiger partial charge on any atom is 0.335 e. The quantitative estimate of drug-likeness (QED) is 0.798. The number of carboxylic acid groups (broad SMARTS) is 1. The van der Waals surface area contributed by atoms with Crippen LogP contribution in [0.3, 0.4) is 0 Å². The number of benzene rings is 2. The molecule has 0 saturated carbocycles. The van der Waals surface area contributed by atoms with Crippen molar-refractivity contribution in [1.82, 2.24) is 0 Å². The van der Waals surface area contributed by atoms with Crippen LogP contribution in [0.5, 0.6) is 5.75 Å². The van der Waals surface area contributed by atoms with E-state index in [1.54, 1.807) is 24.3 Å². The summed E-state index contributed by atoms with van der Waals surface area (Å²) in [4.78, 5) is 32.9. The lowest BCUT2D eigenvalue weighted by Crippen LogP contribution is -2.20. The Morgan fingerprint density at radius 3 is 2.23 bits per heavy atom. The van der Waals surface area contributed by atoms with Crippen molar-refractivity contribution >= 4 is 23.9 Å². The molecule has 0 saturated heterocycles. The van der Waals surface area contributed by atoms with E-state index >= 15 is 0 Å². The molecule has 112 valence electrons. The summed E-state index contributed by atoms with van der Waals surface area (Å²) in [7, 11) is 0. The van der Waals surface area contributed by atoms with Crippen LogP contribution < -0.4 is 10.1 Å². The fraction of sp³-hybridized carbons (Fsp3) is 0.0625. The van der Waals surface area contributed by atoms with Crippen LogP contribution in [-0.2, 0) is 4.79 Å². The minimum Gasteiger partial charge on any atom is -0.484 e. The normalized spacial score (nSPS) is 9.82. The molecule has 0 fully saturated rings. The zero-order chi connectivity index (χ0) is 15.9. The molecule has 0 spiro atoms. The van der Waals surface area contributed by atoms with E-state index < -0.39 is 5.97 Å². The first-order valence-corrected chi connectivity index (χ1v) is 6.40. The van der Waals surface area contributed by atoms with Gasteiger partial charge in [0.25, 0.3) is 5.91 Å². The molecule has 0 aromatic heterocycles. The van der Waals surface area contributed by atoms with Gasteiger partial charge in [0, 0.05) is 11.3 Å². The fourth-order valence-corrected chi connectivity index (χ4v) is 1.68. The van der Waals surface area contributed by atoms with E-state index in [4.69, 9.17) is 9.84 Å². The van der Waals surface area contributed by atoms with Gasteiger partial charge in [-0.1, -0.05) is 0 Å². The van der Waals surface area contributed by atoms with Crippen LogP contribution in [-0.4, -0.2) is 29.9 Å². The number of nitrogens with one attached hydrogen (secondary N) is 1. The summed E-state index contributed by atoms with van der Waals surface area (Å²) >= 11 is 0. The molecule has 0 aliphatic heterocycles. The molecule has 0 aliphatic rings. The van der Waals surface area contributed by atoms with Crippen molar-refractivity contribution in [1.29, 1.82) is 0 Å². The Balaban J connectivity index is 1.86. The van der Waals surface area contributed by atoms with Gasteiger partial charge in [-0.05, 0) is 48.5 Å². The zero-order valence-electron chi connectivity index (χ0n) is 11.5. The molecule has 6 heteroatoms. The Bertz CT molecular complexity index is 677. The standard InChI is InChI=1S/C16H13NO5/c18-9-11-1-7-14(8-2-11)22-10-15(19)17-13-5-3-12(4-6-13)16(20)21/h1-9H,10H2,(H,17,19)(H,20,21). The number of aldehydes is 1. The molecule has 1 amide bonds. The molecule has 0 aliphatic carbocycles. The molecule has 0 unspecified atom stereocenters. The average molecular weight is 299 g/mol. The van der Waals surface area contributed by atoms with Crippen molar-refractivity contribution in [3.05, 3.63) is 59.7 Å². The van der Waals surface area contributed by atoms with Crippen LogP contribution in [0, 0.1) is 0 Å². The highest BCUT2D eigenvalue weighted by molar-refractivity contribution is 5.93. The van der Waals surface area contributed by atoms with Crippen molar-refractivity contribution in [3.8, 4) is 5.75 Å². The Kier molecular flexibility index (Phi) is 4.87. The van der Waals surface area contributed by atoms with Gasteiger partial charge in [0.2, 0.25) is 0 Å². The van der Waals surface area contributed by atoms with Crippen LogP contribution in [0.2, 0.25) is 0 Å². The molecule has 0 radical (unpaired) electrons. The predicted molar refractivity (Wildman–Crippen MR) is 79.4 cm³/mol. The summed E-state index contributed by atoms with van der Waals surface area (Å²) in [5, 5.41) is 11.4. The van der Waals surface area contributed by atoms with Gasteiger partial charge in [0.1, 0.15) is 12.0 Å². The van der Waals surface area contributed by atoms with Crippen LogP contribution in [0.4, 0.5) is 5.69 Å². The molecule has 0 bridgehead atoms. The summed E-state index contributed by atoms with van der Waals surface area (Å²) in [6.07, 6.45) is 0.720. The van der Waals surface area contributed by atoms with E-state index in [0.717, 1.165) is 6.29 Å². The number of carbonyl (C=O) groups excluding carboxylic acids is 2. The second-order valence-corrected chi connectivity index (χ2v) is 4.41. The highest BCUT2D eigenvalue weighted by Gasteiger charge is 2.06. The summed E-state index contributed by atoms with van der Waals surface area (Å²) < 4.78 is 5.28. The van der Waals surface area contributed by atoms with E-state index in [9.17, 15) is 14.4 Å². The van der Waals surface area contributed by atoms with Crippen LogP contribution in [0.15, 0.2) is 48.5 Å². The first kappa shape index (κ1) is 15.2. The zero-order valence-corrected chi connectivity index (χ0v) is 11.5. The van der Waals surface area contributed by atoms with Gasteiger partial charge in [0.15, 0.2) is 6.61 Å². The lowest BCUT2D eigenvalue weighted by Gasteiger charge is -2.08. The number of aromatic carboxylic acids is 1. The first-order valence-electron chi connectivity index (χ1n) is 6.40. The number of hydrogen-bond donors (Lipinski definition) is 2. The molecule has 0 heterocycles. The maximum atomic E-state index is 11.7. The molecule has 2 rings (SSSR count). The van der Waals surface area contributed by atoms with Crippen molar-refractivity contribution < 1.29 is 24.2 Å². The highest BCUT2D eigenvalue weighted by Crippen LogP contribution is 2.12. The Hall–Kier alpha value is -3.15. The van der Waals surface area contributed by atoms with Crippen molar-refractivity contribution in [2.24, 2.45) is 0 Å². The number of anilines is 1. The lowest BCUT2D eigenvalue weighted by molar-refractivity contribution is -0.118. The van der Waals surface area contributed by atoms with Gasteiger partial charge in [-0.3, -0.25) is 9.59 Å². The van der Waals surface area contributed by atoms with Gasteiger partial charge >= 0.3 is 5.97 Å². The second-order valence-electron chi connectivity index (χ2n) is 4.41. The van der Waals surface area contributed by atoms with E-state index in [1.807, 2.05) is 0 Å². The van der Waals surface area contributed by atoms with Crippen molar-refractivity contribution in [3.63, 3.8) is 0 Å². The number of carbonyl (C=O) groups is 3. The molecule has 22 heavy (non-hydrogen) atoms. The van der Waals surface area contributed by atoms with Gasteiger partial charge in [0.05, 0.1) is 5.56 Å². The van der Waals surface area contributed by atoms with E-state index in [0.29, 0.717) is 17.0 Å². The first-order chi connectivity index (χ1) is 10.6. The molecule has 0 atom stereocenters. The monoisotopic (exact) mass is 299 g/mol. The largest absolute Gasteiger partial charge is 0.484 e. The molecule has 2 aromatic rings. The van der Waals surface area contributed by atoms with Crippen molar-refractivity contribution in [2.45, 2.75) is 0 Å². The number of hydrogen-bond acceptors (Lipinski definition) is 4. The summed E-state index contributed by atoms with van der Waals surface area (Å²) in [6.45, 7) is -0.193. The Morgan fingerprint density at radius 2 is 1.68 bits per heavy atom. The predicted octanol–water partition coefficient (Wildman–Crippen LogP) is 2.21. The number of ether oxygens (including phenoxy) is 1. The maximum absolute atomic E-state index is 11.7. The third kappa shape index (κ3) is 4.17. The lowest BCUT2D eigenvalue weighted by atomic mass is 10.2. The minimum absolute atomic E-state index is 0.143. The van der Waals surface area contributed by atoms with Crippen molar-refractivity contribution in [2.75, 3.05) is 11.9 Å². The van der Waals surface area contributed by atoms with Crippen LogP contribution in [0.25, 0.3) is 0 Å². The molecule has 6 nitrogen and oxygen atoms in total. The topological polar surface area (TPSA) is 92.7 Å². The summed E-state index contributed by atoms with van der Waals surface area (Å²) in [6, 6.07) is 12.2. The fourth-order valence-electron chi connectivity index (χ4n) is 1.68. The smallest absolute Gasteiger partial charge is 0.335 e. The van der Waals surface area contributed by atoms with Gasteiger partial charge in [-0.15, -0.1) is 0 Å². The Labute approximate surface area is 126 Å². The highest BCUT2D eigenvalue weighted by atomic mass is 16.5. The summed E-state index contributed by atoms with van der Waals surface area (Å²) in [5.74, 6) is -0.926. The molecule has 2 N–H and O–H groups in total. The van der Waals surface area contributed by atoms with Crippen LogP contribution in [0.1, 0.15) is 20.7 Å². The van der Waals surface area contributed by atoms with E-state index in [2.05, 4.69) is 5.32 Å².